The molecule has 0 amide bonds. The number of benzene rings is 2. The van der Waals surface area contributed by atoms with E-state index in [1.165, 1.54) is 0 Å². The third kappa shape index (κ3) is 3.15. The quantitative estimate of drug-likeness (QED) is 0.903. The summed E-state index contributed by atoms with van der Waals surface area (Å²) in [5.74, 6) is 0.822. The molecule has 0 saturated carbocycles. The Bertz CT molecular complexity index is 513. The molecule has 1 atom stereocenters. The topological polar surface area (TPSA) is 29.5 Å². The zero-order chi connectivity index (χ0) is 13.9. The van der Waals surface area contributed by atoms with Gasteiger partial charge in [-0.15, -0.1) is 0 Å². The van der Waals surface area contributed by atoms with Crippen LogP contribution in [0.4, 0.5) is 0 Å². The van der Waals surface area contributed by atoms with Crippen LogP contribution >= 0.6 is 0 Å². The lowest BCUT2D eigenvalue weighted by Crippen LogP contribution is -2.22. The molecule has 0 saturated heterocycles. The maximum absolute atomic E-state index is 10.7. The second-order valence-corrected chi connectivity index (χ2v) is 5.13. The van der Waals surface area contributed by atoms with Crippen LogP contribution in [0.25, 0.3) is 0 Å². The third-order valence-electron chi connectivity index (χ3n) is 3.12. The van der Waals surface area contributed by atoms with Crippen molar-refractivity contribution in [1.29, 1.82) is 0 Å². The first-order chi connectivity index (χ1) is 9.00. The Kier molecular flexibility index (Phi) is 3.91. The SMILES string of the molecule is CC(C)Oc1ccc(C(C)(O)c2ccccc2)cc1. The fraction of sp³-hybridized carbons (Fsp3) is 0.294. The zero-order valence-corrected chi connectivity index (χ0v) is 11.6. The molecule has 1 unspecified atom stereocenters. The van der Waals surface area contributed by atoms with Crippen molar-refractivity contribution in [2.75, 3.05) is 0 Å². The summed E-state index contributed by atoms with van der Waals surface area (Å²) in [5, 5.41) is 10.7. The molecule has 0 spiro atoms. The van der Waals surface area contributed by atoms with E-state index in [4.69, 9.17) is 4.74 Å². The summed E-state index contributed by atoms with van der Waals surface area (Å²) in [6.07, 6.45) is 0.153. The van der Waals surface area contributed by atoms with Crippen molar-refractivity contribution in [2.45, 2.75) is 32.5 Å². The lowest BCUT2D eigenvalue weighted by molar-refractivity contribution is 0.102. The van der Waals surface area contributed by atoms with Gasteiger partial charge in [0.1, 0.15) is 11.4 Å². The highest BCUT2D eigenvalue weighted by Crippen LogP contribution is 2.30. The Morgan fingerprint density at radius 1 is 0.895 bits per heavy atom. The number of ether oxygens (including phenoxy) is 1. The fourth-order valence-electron chi connectivity index (χ4n) is 2.06. The van der Waals surface area contributed by atoms with Crippen molar-refractivity contribution < 1.29 is 9.84 Å². The Balaban J connectivity index is 2.26. The predicted molar refractivity (Wildman–Crippen MR) is 77.3 cm³/mol. The van der Waals surface area contributed by atoms with Crippen molar-refractivity contribution in [3.8, 4) is 5.75 Å². The maximum atomic E-state index is 10.7. The first kappa shape index (κ1) is 13.6. The van der Waals surface area contributed by atoms with Crippen LogP contribution < -0.4 is 4.74 Å². The Hall–Kier alpha value is -1.80. The summed E-state index contributed by atoms with van der Waals surface area (Å²) in [5.41, 5.74) is 0.750. The van der Waals surface area contributed by atoms with Crippen LogP contribution in [0.2, 0.25) is 0 Å². The molecule has 2 nitrogen and oxygen atoms in total. The van der Waals surface area contributed by atoms with Crippen LogP contribution in [0.1, 0.15) is 31.9 Å². The van der Waals surface area contributed by atoms with Crippen LogP contribution in [-0.2, 0) is 5.60 Å². The van der Waals surface area contributed by atoms with E-state index in [0.717, 1.165) is 16.9 Å². The van der Waals surface area contributed by atoms with Gasteiger partial charge in [-0.05, 0) is 44.0 Å². The molecule has 0 aliphatic carbocycles. The van der Waals surface area contributed by atoms with Crippen LogP contribution in [0.15, 0.2) is 54.6 Å². The van der Waals surface area contributed by atoms with Crippen LogP contribution in [0, 0.1) is 0 Å². The van der Waals surface area contributed by atoms with Crippen molar-refractivity contribution in [3.63, 3.8) is 0 Å². The lowest BCUT2D eigenvalue weighted by atomic mass is 9.88. The monoisotopic (exact) mass is 256 g/mol. The first-order valence-corrected chi connectivity index (χ1v) is 6.55. The second-order valence-electron chi connectivity index (χ2n) is 5.13. The van der Waals surface area contributed by atoms with Gasteiger partial charge in [-0.3, -0.25) is 0 Å². The number of hydrogen-bond acceptors (Lipinski definition) is 2. The van der Waals surface area contributed by atoms with Crippen LogP contribution in [-0.4, -0.2) is 11.2 Å². The van der Waals surface area contributed by atoms with E-state index in [2.05, 4.69) is 0 Å². The molecule has 1 N–H and O–H groups in total. The highest BCUT2D eigenvalue weighted by molar-refractivity contribution is 5.38. The summed E-state index contributed by atoms with van der Waals surface area (Å²) in [7, 11) is 0. The van der Waals surface area contributed by atoms with Crippen molar-refractivity contribution in [2.24, 2.45) is 0 Å². The summed E-state index contributed by atoms with van der Waals surface area (Å²) in [6.45, 7) is 5.79. The molecule has 0 fully saturated rings. The molecule has 0 radical (unpaired) electrons. The van der Waals surface area contributed by atoms with Gasteiger partial charge >= 0.3 is 0 Å². The first-order valence-electron chi connectivity index (χ1n) is 6.55. The van der Waals surface area contributed by atoms with Gasteiger partial charge in [-0.1, -0.05) is 42.5 Å². The minimum atomic E-state index is -0.988. The van der Waals surface area contributed by atoms with Crippen molar-refractivity contribution >= 4 is 0 Å². The largest absolute Gasteiger partial charge is 0.491 e. The summed E-state index contributed by atoms with van der Waals surface area (Å²) >= 11 is 0. The van der Waals surface area contributed by atoms with E-state index < -0.39 is 5.60 Å². The van der Waals surface area contributed by atoms with Gasteiger partial charge in [0.15, 0.2) is 0 Å². The zero-order valence-electron chi connectivity index (χ0n) is 11.6. The number of aliphatic hydroxyl groups is 1. The molecule has 0 aliphatic heterocycles. The average Bonchev–Trinajstić information content (AvgIpc) is 2.40. The van der Waals surface area contributed by atoms with Gasteiger partial charge in [0, 0.05) is 0 Å². The maximum Gasteiger partial charge on any atom is 0.119 e. The van der Waals surface area contributed by atoms with Crippen molar-refractivity contribution in [1.82, 2.24) is 0 Å². The molecule has 0 bridgehead atoms. The molecular weight excluding hydrogens is 236 g/mol. The van der Waals surface area contributed by atoms with Gasteiger partial charge in [0.05, 0.1) is 6.10 Å². The number of rotatable bonds is 4. The normalized spacial score (nSPS) is 14.2. The van der Waals surface area contributed by atoms with Gasteiger partial charge in [0.2, 0.25) is 0 Å². The van der Waals surface area contributed by atoms with Crippen LogP contribution in [0.5, 0.6) is 5.75 Å². The van der Waals surface area contributed by atoms with E-state index in [0.29, 0.717) is 0 Å². The van der Waals surface area contributed by atoms with E-state index in [-0.39, 0.29) is 6.10 Å². The molecular formula is C17H20O2. The minimum Gasteiger partial charge on any atom is -0.491 e. The fourth-order valence-corrected chi connectivity index (χ4v) is 2.06. The van der Waals surface area contributed by atoms with E-state index in [9.17, 15) is 5.11 Å². The molecule has 2 aromatic carbocycles. The van der Waals surface area contributed by atoms with Gasteiger partial charge in [0.25, 0.3) is 0 Å². The Morgan fingerprint density at radius 2 is 1.42 bits per heavy atom. The molecule has 0 heterocycles. The molecule has 2 heteroatoms. The molecule has 2 aromatic rings. The minimum absolute atomic E-state index is 0.153. The van der Waals surface area contributed by atoms with E-state index >= 15 is 0 Å². The molecule has 2 rings (SSSR count). The second kappa shape index (κ2) is 5.45. The smallest absolute Gasteiger partial charge is 0.119 e. The molecule has 0 aromatic heterocycles. The lowest BCUT2D eigenvalue weighted by Gasteiger charge is -2.24. The molecule has 19 heavy (non-hydrogen) atoms. The summed E-state index contributed by atoms with van der Waals surface area (Å²) in [4.78, 5) is 0. The Labute approximate surface area is 114 Å². The van der Waals surface area contributed by atoms with Gasteiger partial charge < -0.3 is 9.84 Å². The van der Waals surface area contributed by atoms with Gasteiger partial charge in [-0.25, -0.2) is 0 Å². The van der Waals surface area contributed by atoms with Gasteiger partial charge in [-0.2, -0.15) is 0 Å². The Morgan fingerprint density at radius 3 is 1.95 bits per heavy atom. The highest BCUT2D eigenvalue weighted by atomic mass is 16.5. The summed E-state index contributed by atoms with van der Waals surface area (Å²) < 4.78 is 5.61. The standard InChI is InChI=1S/C17H20O2/c1-13(2)19-16-11-9-15(10-12-16)17(3,18)14-7-5-4-6-8-14/h4-13,18H,1-3H3. The van der Waals surface area contributed by atoms with E-state index in [1.54, 1.807) is 6.92 Å². The van der Waals surface area contributed by atoms with E-state index in [1.807, 2.05) is 68.4 Å². The third-order valence-corrected chi connectivity index (χ3v) is 3.12. The predicted octanol–water partition coefficient (Wildman–Crippen LogP) is 3.73. The molecule has 100 valence electrons. The summed E-state index contributed by atoms with van der Waals surface area (Å²) in [6, 6.07) is 17.3. The highest BCUT2D eigenvalue weighted by Gasteiger charge is 2.25. The molecule has 0 aliphatic rings. The van der Waals surface area contributed by atoms with Crippen LogP contribution in [0.3, 0.4) is 0 Å². The average molecular weight is 256 g/mol. The van der Waals surface area contributed by atoms with Crippen molar-refractivity contribution in [3.05, 3.63) is 65.7 Å². The number of hydrogen-bond donors (Lipinski definition) is 1.